The lowest BCUT2D eigenvalue weighted by Crippen LogP contribution is -2.00. The van der Waals surface area contributed by atoms with Crippen LogP contribution in [0.5, 0.6) is 0 Å². The third kappa shape index (κ3) is 3.96. The van der Waals surface area contributed by atoms with E-state index >= 15 is 0 Å². The number of aryl methyl sites for hydroxylation is 2. The van der Waals surface area contributed by atoms with Gasteiger partial charge in [0.1, 0.15) is 12.1 Å². The van der Waals surface area contributed by atoms with E-state index in [1.54, 1.807) is 6.07 Å². The molecular weight excluding hydrogens is 474 g/mol. The smallest absolute Gasteiger partial charge is 0.101 e. The number of benzene rings is 4. The van der Waals surface area contributed by atoms with Gasteiger partial charge in [-0.15, -0.1) is 0 Å². The minimum atomic E-state index is 0.405. The van der Waals surface area contributed by atoms with Gasteiger partial charge in [-0.05, 0) is 65.6 Å². The number of H-pyrrole nitrogens is 1. The molecule has 0 bridgehead atoms. The molecule has 0 radical (unpaired) electrons. The number of nitrogens with zero attached hydrogens (tertiary/aromatic N) is 2. The Morgan fingerprint density at radius 2 is 1.59 bits per heavy atom. The van der Waals surface area contributed by atoms with E-state index < -0.39 is 0 Å². The van der Waals surface area contributed by atoms with Crippen molar-refractivity contribution in [2.24, 2.45) is 0 Å². The number of aromatic amines is 1. The second-order valence-corrected chi connectivity index (χ2v) is 10.2. The number of nitrogens with one attached hydrogen (secondary N) is 1. The number of fused-ring (bicyclic) bond motifs is 3. The van der Waals surface area contributed by atoms with E-state index in [2.05, 4.69) is 97.7 Å². The zero-order valence-electron chi connectivity index (χ0n) is 22.3. The summed E-state index contributed by atoms with van der Waals surface area (Å²) >= 11 is 0. The fourth-order valence-corrected chi connectivity index (χ4v) is 6.24. The topological polar surface area (TPSA) is 63.4 Å². The van der Waals surface area contributed by atoms with Crippen LogP contribution in [0.15, 0.2) is 78.9 Å². The summed E-state index contributed by atoms with van der Waals surface area (Å²) in [5.41, 5.74) is 13.4. The van der Waals surface area contributed by atoms with Crippen LogP contribution in [0.1, 0.15) is 53.3 Å². The Labute approximate surface area is 229 Å². The van der Waals surface area contributed by atoms with Gasteiger partial charge in [0.2, 0.25) is 0 Å². The van der Waals surface area contributed by atoms with Crippen molar-refractivity contribution >= 4 is 17.0 Å². The molecule has 3 nitrogen and oxygen atoms in total. The summed E-state index contributed by atoms with van der Waals surface area (Å²) in [4.78, 5) is 3.85. The maximum Gasteiger partial charge on any atom is 0.101 e. The van der Waals surface area contributed by atoms with E-state index in [0.717, 1.165) is 58.8 Å². The van der Waals surface area contributed by atoms with Crippen LogP contribution >= 0.6 is 0 Å². The predicted molar refractivity (Wildman–Crippen MR) is 160 cm³/mol. The van der Waals surface area contributed by atoms with E-state index in [4.69, 9.17) is 0 Å². The molecule has 0 unspecified atom stereocenters. The molecule has 1 aromatic heterocycles. The van der Waals surface area contributed by atoms with Crippen molar-refractivity contribution < 1.29 is 0 Å². The van der Waals surface area contributed by atoms with Gasteiger partial charge in [-0.25, -0.2) is 0 Å². The van der Waals surface area contributed by atoms with Crippen molar-refractivity contribution in [3.05, 3.63) is 112 Å². The summed E-state index contributed by atoms with van der Waals surface area (Å²) in [5, 5.41) is 21.2. The fourth-order valence-electron chi connectivity index (χ4n) is 6.24. The molecule has 0 amide bonds. The Bertz CT molecular complexity index is 1840. The molecule has 0 saturated carbocycles. The minimum absolute atomic E-state index is 0.405. The largest absolute Gasteiger partial charge is 0.357 e. The van der Waals surface area contributed by atoms with Gasteiger partial charge in [-0.3, -0.25) is 0 Å². The van der Waals surface area contributed by atoms with Gasteiger partial charge in [0.25, 0.3) is 0 Å². The molecule has 188 valence electrons. The summed E-state index contributed by atoms with van der Waals surface area (Å²) in [5.74, 6) is 0. The normalized spacial score (nSPS) is 12.2. The summed E-state index contributed by atoms with van der Waals surface area (Å²) < 4.78 is 0. The van der Waals surface area contributed by atoms with Gasteiger partial charge >= 0.3 is 0 Å². The Hall–Kier alpha value is -4.86. The quantitative estimate of drug-likeness (QED) is 0.260. The first-order chi connectivity index (χ1) is 19.2. The van der Waals surface area contributed by atoms with E-state index in [-0.39, 0.29) is 0 Å². The van der Waals surface area contributed by atoms with Crippen molar-refractivity contribution in [3.63, 3.8) is 0 Å². The van der Waals surface area contributed by atoms with Crippen LogP contribution in [0, 0.1) is 29.6 Å². The number of rotatable bonds is 5. The molecular formula is C36H29N3. The third-order valence-corrected chi connectivity index (χ3v) is 7.90. The monoisotopic (exact) mass is 503 g/mol. The lowest BCUT2D eigenvalue weighted by molar-refractivity contribution is 0.923. The van der Waals surface area contributed by atoms with E-state index in [1.165, 1.54) is 33.5 Å². The van der Waals surface area contributed by atoms with Crippen LogP contribution in [-0.4, -0.2) is 4.98 Å². The molecule has 0 atom stereocenters. The number of aromatic nitrogens is 1. The van der Waals surface area contributed by atoms with Gasteiger partial charge in [0.15, 0.2) is 0 Å². The summed E-state index contributed by atoms with van der Waals surface area (Å²) in [6.07, 6.45) is 8.43. The lowest BCUT2D eigenvalue weighted by atomic mass is 9.80. The molecule has 1 heterocycles. The molecule has 4 aromatic carbocycles. The van der Waals surface area contributed by atoms with Gasteiger partial charge in [0.05, 0.1) is 16.6 Å². The highest BCUT2D eigenvalue weighted by atomic mass is 14.7. The zero-order valence-corrected chi connectivity index (χ0v) is 22.3. The van der Waals surface area contributed by atoms with Crippen LogP contribution in [0.2, 0.25) is 0 Å². The predicted octanol–water partition coefficient (Wildman–Crippen LogP) is 9.13. The Morgan fingerprint density at radius 3 is 2.36 bits per heavy atom. The van der Waals surface area contributed by atoms with Crippen molar-refractivity contribution in [2.75, 3.05) is 0 Å². The van der Waals surface area contributed by atoms with Crippen molar-refractivity contribution in [2.45, 2.75) is 39.5 Å². The first-order valence-corrected chi connectivity index (χ1v) is 13.6. The van der Waals surface area contributed by atoms with E-state index in [9.17, 15) is 10.5 Å². The maximum atomic E-state index is 10.3. The zero-order chi connectivity index (χ0) is 26.9. The highest BCUT2D eigenvalue weighted by molar-refractivity contribution is 6.15. The molecule has 1 aliphatic carbocycles. The molecule has 3 heteroatoms. The first-order valence-electron chi connectivity index (χ1n) is 13.6. The minimum Gasteiger partial charge on any atom is -0.357 e. The maximum absolute atomic E-state index is 10.3. The van der Waals surface area contributed by atoms with Gasteiger partial charge < -0.3 is 4.98 Å². The average Bonchev–Trinajstić information content (AvgIpc) is 3.36. The van der Waals surface area contributed by atoms with E-state index in [1.807, 2.05) is 12.1 Å². The Morgan fingerprint density at radius 1 is 0.821 bits per heavy atom. The fraction of sp³-hybridized carbons (Fsp3) is 0.167. The molecule has 6 rings (SSSR count). The molecule has 0 aliphatic heterocycles. The Kier molecular flexibility index (Phi) is 6.36. The lowest BCUT2D eigenvalue weighted by Gasteiger charge is -2.23. The molecule has 1 aliphatic rings. The molecule has 0 fully saturated rings. The third-order valence-electron chi connectivity index (χ3n) is 7.90. The standard InChI is InChI=1S/C36H29N3/c1-3-12-24-13-7-8-17-27(24)32-23(2)33(28-19-11-16-26(21-37)30(28)22-38)35-29-18-9-10-20-31(29)39-36(35)34(32)25-14-5-4-6-15-25/h4-9,11,13-19,39H,3,10,12,20H2,1-2H3. The number of hydrogen-bond acceptors (Lipinski definition) is 2. The summed E-state index contributed by atoms with van der Waals surface area (Å²) in [7, 11) is 0. The average molecular weight is 504 g/mol. The summed E-state index contributed by atoms with van der Waals surface area (Å²) in [6, 6.07) is 29.6. The van der Waals surface area contributed by atoms with Gasteiger partial charge in [-0.2, -0.15) is 10.5 Å². The Balaban J connectivity index is 1.87. The van der Waals surface area contributed by atoms with Crippen molar-refractivity contribution in [3.8, 4) is 45.5 Å². The molecule has 5 aromatic rings. The SMILES string of the molecule is CCCc1ccccc1-c1c(C)c(-c2cccc(C#N)c2C#N)c2c3c([nH]c2c1-c1ccccc1)CCC=C3. The van der Waals surface area contributed by atoms with Gasteiger partial charge in [0, 0.05) is 27.8 Å². The molecule has 0 saturated heterocycles. The van der Waals surface area contributed by atoms with Crippen molar-refractivity contribution in [1.29, 1.82) is 10.5 Å². The number of hydrogen-bond donors (Lipinski definition) is 1. The second kappa shape index (κ2) is 10.1. The molecule has 39 heavy (non-hydrogen) atoms. The first kappa shape index (κ1) is 24.5. The van der Waals surface area contributed by atoms with Crippen LogP contribution in [0.4, 0.5) is 0 Å². The number of nitriles is 2. The number of allylic oxidation sites excluding steroid dienone is 1. The van der Waals surface area contributed by atoms with Gasteiger partial charge in [-0.1, -0.05) is 92.2 Å². The van der Waals surface area contributed by atoms with Crippen molar-refractivity contribution in [1.82, 2.24) is 4.98 Å². The molecule has 0 spiro atoms. The summed E-state index contributed by atoms with van der Waals surface area (Å²) in [6.45, 7) is 4.40. The van der Waals surface area contributed by atoms with Crippen LogP contribution < -0.4 is 0 Å². The van der Waals surface area contributed by atoms with Crippen LogP contribution in [0.3, 0.4) is 0 Å². The van der Waals surface area contributed by atoms with Crippen LogP contribution in [-0.2, 0) is 12.8 Å². The van der Waals surface area contributed by atoms with E-state index in [0.29, 0.717) is 11.1 Å². The second-order valence-electron chi connectivity index (χ2n) is 10.2. The highest BCUT2D eigenvalue weighted by Crippen LogP contribution is 2.49. The molecule has 1 N–H and O–H groups in total. The van der Waals surface area contributed by atoms with Crippen LogP contribution in [0.25, 0.3) is 50.4 Å². The highest BCUT2D eigenvalue weighted by Gasteiger charge is 2.27.